The SMILES string of the molecule is NC(=O)CSc1nnc(-c2ccccc2)n1CCCO. The molecule has 0 saturated carbocycles. The van der Waals surface area contributed by atoms with Gasteiger partial charge in [-0.05, 0) is 6.42 Å². The second kappa shape index (κ2) is 7.06. The van der Waals surface area contributed by atoms with Gasteiger partial charge in [0.25, 0.3) is 0 Å². The lowest BCUT2D eigenvalue weighted by molar-refractivity contribution is -0.115. The number of aromatic nitrogens is 3. The first-order valence-corrected chi connectivity index (χ1v) is 7.21. The van der Waals surface area contributed by atoms with E-state index in [4.69, 9.17) is 10.8 Å². The maximum absolute atomic E-state index is 10.9. The summed E-state index contributed by atoms with van der Waals surface area (Å²) in [5.74, 6) is 0.491. The molecule has 2 rings (SSSR count). The monoisotopic (exact) mass is 292 g/mol. The maximum atomic E-state index is 10.9. The molecule has 1 heterocycles. The first-order valence-electron chi connectivity index (χ1n) is 6.23. The van der Waals surface area contributed by atoms with E-state index in [1.54, 1.807) is 0 Å². The zero-order chi connectivity index (χ0) is 14.4. The molecule has 0 aliphatic heterocycles. The molecule has 3 N–H and O–H groups in total. The predicted molar refractivity (Wildman–Crippen MR) is 77.1 cm³/mol. The molecule has 0 atom stereocenters. The van der Waals surface area contributed by atoms with Crippen molar-refractivity contribution in [1.82, 2.24) is 14.8 Å². The van der Waals surface area contributed by atoms with Crippen LogP contribution in [0.25, 0.3) is 11.4 Å². The molecule has 0 aliphatic rings. The smallest absolute Gasteiger partial charge is 0.227 e. The molecule has 2 aromatic rings. The van der Waals surface area contributed by atoms with Crippen LogP contribution in [0.15, 0.2) is 35.5 Å². The van der Waals surface area contributed by atoms with Crippen molar-refractivity contribution in [2.24, 2.45) is 5.73 Å². The van der Waals surface area contributed by atoms with E-state index in [2.05, 4.69) is 10.2 Å². The summed E-state index contributed by atoms with van der Waals surface area (Å²) in [4.78, 5) is 10.9. The van der Waals surface area contributed by atoms with Crippen LogP contribution in [0.5, 0.6) is 0 Å². The molecule has 7 heteroatoms. The topological polar surface area (TPSA) is 94.0 Å². The lowest BCUT2D eigenvalue weighted by Crippen LogP contribution is -2.14. The van der Waals surface area contributed by atoms with Crippen LogP contribution in [0.1, 0.15) is 6.42 Å². The van der Waals surface area contributed by atoms with E-state index >= 15 is 0 Å². The van der Waals surface area contributed by atoms with Crippen LogP contribution in [0.4, 0.5) is 0 Å². The van der Waals surface area contributed by atoms with Gasteiger partial charge < -0.3 is 15.4 Å². The highest BCUT2D eigenvalue weighted by Gasteiger charge is 2.14. The van der Waals surface area contributed by atoms with Gasteiger partial charge in [0.05, 0.1) is 5.75 Å². The predicted octanol–water partition coefficient (Wildman–Crippen LogP) is 0.905. The average molecular weight is 292 g/mol. The van der Waals surface area contributed by atoms with Crippen LogP contribution < -0.4 is 5.73 Å². The normalized spacial score (nSPS) is 10.7. The fraction of sp³-hybridized carbons (Fsp3) is 0.308. The van der Waals surface area contributed by atoms with Crippen molar-refractivity contribution in [3.8, 4) is 11.4 Å². The molecule has 1 amide bonds. The van der Waals surface area contributed by atoms with E-state index in [9.17, 15) is 4.79 Å². The Morgan fingerprint density at radius 2 is 2.05 bits per heavy atom. The first kappa shape index (κ1) is 14.5. The number of rotatable bonds is 7. The first-order chi connectivity index (χ1) is 9.72. The number of carbonyl (C=O) groups is 1. The Labute approximate surface area is 121 Å². The number of thioether (sulfide) groups is 1. The number of hydrogen-bond donors (Lipinski definition) is 2. The molecule has 1 aromatic carbocycles. The molecule has 0 unspecified atom stereocenters. The van der Waals surface area contributed by atoms with Crippen molar-refractivity contribution < 1.29 is 9.90 Å². The van der Waals surface area contributed by atoms with Crippen LogP contribution in [0, 0.1) is 0 Å². The fourth-order valence-electron chi connectivity index (χ4n) is 1.76. The quantitative estimate of drug-likeness (QED) is 0.740. The Bertz CT molecular complexity index is 571. The molecule has 0 radical (unpaired) electrons. The lowest BCUT2D eigenvalue weighted by Gasteiger charge is -2.08. The highest BCUT2D eigenvalue weighted by molar-refractivity contribution is 7.99. The summed E-state index contributed by atoms with van der Waals surface area (Å²) < 4.78 is 1.90. The minimum Gasteiger partial charge on any atom is -0.396 e. The van der Waals surface area contributed by atoms with Crippen LogP contribution in [0.2, 0.25) is 0 Å². The standard InChI is InChI=1S/C13H16N4O2S/c14-11(19)9-20-13-16-15-12(17(13)7-4-8-18)10-5-2-1-3-6-10/h1-3,5-6,18H,4,7-9H2,(H2,14,19). The molecule has 0 aliphatic carbocycles. The Morgan fingerprint density at radius 3 is 2.70 bits per heavy atom. The Balaban J connectivity index is 2.29. The molecule has 0 spiro atoms. The van der Waals surface area contributed by atoms with Gasteiger partial charge in [0.2, 0.25) is 5.91 Å². The molecule has 6 nitrogen and oxygen atoms in total. The lowest BCUT2D eigenvalue weighted by atomic mass is 10.2. The summed E-state index contributed by atoms with van der Waals surface area (Å²) in [6.45, 7) is 0.682. The van der Waals surface area contributed by atoms with Gasteiger partial charge in [0.1, 0.15) is 0 Å². The van der Waals surface area contributed by atoms with Crippen LogP contribution in [-0.4, -0.2) is 38.1 Å². The summed E-state index contributed by atoms with van der Waals surface area (Å²) in [6, 6.07) is 9.68. The third-order valence-corrected chi connectivity index (χ3v) is 3.62. The molecule has 0 saturated heterocycles. The van der Waals surface area contributed by atoms with E-state index in [1.807, 2.05) is 34.9 Å². The summed E-state index contributed by atoms with van der Waals surface area (Å²) in [7, 11) is 0. The number of aliphatic hydroxyl groups is 1. The van der Waals surface area contributed by atoms with E-state index < -0.39 is 5.91 Å². The fourth-order valence-corrected chi connectivity index (χ4v) is 2.47. The third kappa shape index (κ3) is 3.58. The second-order valence-corrected chi connectivity index (χ2v) is 5.10. The molecule has 1 aromatic heterocycles. The number of carbonyl (C=O) groups excluding carboxylic acids is 1. The average Bonchev–Trinajstić information content (AvgIpc) is 2.86. The van der Waals surface area contributed by atoms with Crippen molar-refractivity contribution in [3.05, 3.63) is 30.3 Å². The van der Waals surface area contributed by atoms with Crippen LogP contribution in [0.3, 0.4) is 0 Å². The summed E-state index contributed by atoms with van der Waals surface area (Å²) in [5.41, 5.74) is 6.10. The molecular formula is C13H16N4O2S. The number of aliphatic hydroxyl groups excluding tert-OH is 1. The van der Waals surface area contributed by atoms with E-state index in [-0.39, 0.29) is 12.4 Å². The minimum atomic E-state index is -0.395. The van der Waals surface area contributed by atoms with Gasteiger partial charge in [0, 0.05) is 18.7 Å². The molecule has 0 fully saturated rings. The Kier molecular flexibility index (Phi) is 5.14. The number of benzene rings is 1. The highest BCUT2D eigenvalue weighted by atomic mass is 32.2. The number of amides is 1. The summed E-state index contributed by atoms with van der Waals surface area (Å²) in [5, 5.41) is 17.9. The largest absolute Gasteiger partial charge is 0.396 e. The van der Waals surface area contributed by atoms with Crippen molar-refractivity contribution in [3.63, 3.8) is 0 Å². The number of primary amides is 1. The number of nitrogens with two attached hydrogens (primary N) is 1. The van der Waals surface area contributed by atoms with Crippen LogP contribution in [-0.2, 0) is 11.3 Å². The Morgan fingerprint density at radius 1 is 1.30 bits per heavy atom. The van der Waals surface area contributed by atoms with E-state index in [0.717, 1.165) is 11.4 Å². The maximum Gasteiger partial charge on any atom is 0.227 e. The van der Waals surface area contributed by atoms with Gasteiger partial charge in [-0.25, -0.2) is 0 Å². The summed E-state index contributed by atoms with van der Waals surface area (Å²) in [6.07, 6.45) is 0.599. The number of nitrogens with zero attached hydrogens (tertiary/aromatic N) is 3. The molecule has 20 heavy (non-hydrogen) atoms. The van der Waals surface area contributed by atoms with Gasteiger partial charge in [-0.3, -0.25) is 4.79 Å². The number of hydrogen-bond acceptors (Lipinski definition) is 5. The molecular weight excluding hydrogens is 276 g/mol. The van der Waals surface area contributed by atoms with Gasteiger partial charge in [0.15, 0.2) is 11.0 Å². The van der Waals surface area contributed by atoms with Crippen molar-refractivity contribution in [2.45, 2.75) is 18.1 Å². The van der Waals surface area contributed by atoms with Crippen molar-refractivity contribution >= 4 is 17.7 Å². The Hall–Kier alpha value is -1.86. The van der Waals surface area contributed by atoms with Crippen LogP contribution >= 0.6 is 11.8 Å². The van der Waals surface area contributed by atoms with Crippen molar-refractivity contribution in [1.29, 1.82) is 0 Å². The van der Waals surface area contributed by atoms with Gasteiger partial charge >= 0.3 is 0 Å². The van der Waals surface area contributed by atoms with E-state index in [0.29, 0.717) is 18.1 Å². The zero-order valence-electron chi connectivity index (χ0n) is 10.9. The third-order valence-electron chi connectivity index (χ3n) is 2.63. The van der Waals surface area contributed by atoms with E-state index in [1.165, 1.54) is 11.8 Å². The highest BCUT2D eigenvalue weighted by Crippen LogP contribution is 2.23. The van der Waals surface area contributed by atoms with Gasteiger partial charge in [-0.15, -0.1) is 10.2 Å². The van der Waals surface area contributed by atoms with Crippen molar-refractivity contribution in [2.75, 3.05) is 12.4 Å². The van der Waals surface area contributed by atoms with Gasteiger partial charge in [-0.1, -0.05) is 42.1 Å². The molecule has 0 bridgehead atoms. The second-order valence-electron chi connectivity index (χ2n) is 4.16. The zero-order valence-corrected chi connectivity index (χ0v) is 11.7. The van der Waals surface area contributed by atoms with Gasteiger partial charge in [-0.2, -0.15) is 0 Å². The minimum absolute atomic E-state index is 0.0896. The molecule has 106 valence electrons. The summed E-state index contributed by atoms with van der Waals surface area (Å²) >= 11 is 1.25.